The lowest BCUT2D eigenvalue weighted by Gasteiger charge is -2.15. The third kappa shape index (κ3) is 5.86. The maximum atomic E-state index is 11.6. The van der Waals surface area contributed by atoms with E-state index in [0.717, 1.165) is 37.4 Å². The zero-order chi connectivity index (χ0) is 22.2. The Labute approximate surface area is 190 Å². The molecule has 164 valence electrons. The van der Waals surface area contributed by atoms with Crippen molar-refractivity contribution in [2.75, 3.05) is 26.7 Å². The maximum Gasteiger partial charge on any atom is 0.337 e. The highest BCUT2D eigenvalue weighted by molar-refractivity contribution is 5.89. The lowest BCUT2D eigenvalue weighted by atomic mass is 9.98. The van der Waals surface area contributed by atoms with Gasteiger partial charge in [-0.2, -0.15) is 0 Å². The lowest BCUT2D eigenvalue weighted by molar-refractivity contribution is 0.0600. The summed E-state index contributed by atoms with van der Waals surface area (Å²) in [5.74, 6) is 1.08. The van der Waals surface area contributed by atoms with E-state index in [4.69, 9.17) is 9.47 Å². The summed E-state index contributed by atoms with van der Waals surface area (Å²) in [6, 6.07) is 26.2. The summed E-state index contributed by atoms with van der Waals surface area (Å²) in [4.78, 5) is 14.1. The van der Waals surface area contributed by atoms with E-state index in [-0.39, 0.29) is 5.97 Å². The van der Waals surface area contributed by atoms with Crippen LogP contribution in [0.1, 0.15) is 39.4 Å². The van der Waals surface area contributed by atoms with Gasteiger partial charge >= 0.3 is 5.97 Å². The normalized spacial score (nSPS) is 16.3. The molecule has 3 aromatic rings. The molecule has 0 amide bonds. The SMILES string of the molecule is COC(=O)c1ccc(COc2cccc(C3CCN(C/C=C/c4ccccc4)C3)c2)cc1. The lowest BCUT2D eigenvalue weighted by Crippen LogP contribution is -2.20. The molecule has 0 bridgehead atoms. The fraction of sp³-hybridized carbons (Fsp3) is 0.250. The van der Waals surface area contributed by atoms with Gasteiger partial charge in [-0.05, 0) is 59.8 Å². The fourth-order valence-corrected chi connectivity index (χ4v) is 4.05. The summed E-state index contributed by atoms with van der Waals surface area (Å²) in [5, 5.41) is 0. The number of rotatable bonds is 8. The Bertz CT molecular complexity index is 1040. The van der Waals surface area contributed by atoms with Crippen LogP contribution in [0.25, 0.3) is 6.08 Å². The van der Waals surface area contributed by atoms with Crippen molar-refractivity contribution in [2.24, 2.45) is 0 Å². The molecule has 4 heteroatoms. The minimum absolute atomic E-state index is 0.327. The Morgan fingerprint density at radius 1 is 1.03 bits per heavy atom. The quantitative estimate of drug-likeness (QED) is 0.442. The van der Waals surface area contributed by atoms with Gasteiger partial charge in [-0.1, -0.05) is 66.7 Å². The van der Waals surface area contributed by atoms with Gasteiger partial charge in [-0.3, -0.25) is 4.90 Å². The monoisotopic (exact) mass is 427 g/mol. The smallest absolute Gasteiger partial charge is 0.337 e. The van der Waals surface area contributed by atoms with E-state index in [2.05, 4.69) is 59.5 Å². The van der Waals surface area contributed by atoms with E-state index in [1.807, 2.05) is 24.3 Å². The summed E-state index contributed by atoms with van der Waals surface area (Å²) in [6.07, 6.45) is 5.61. The molecule has 32 heavy (non-hydrogen) atoms. The molecule has 1 saturated heterocycles. The van der Waals surface area contributed by atoms with Crippen LogP contribution in [0, 0.1) is 0 Å². The van der Waals surface area contributed by atoms with E-state index < -0.39 is 0 Å². The largest absolute Gasteiger partial charge is 0.489 e. The van der Waals surface area contributed by atoms with Crippen molar-refractivity contribution in [3.63, 3.8) is 0 Å². The number of carbonyl (C=O) groups is 1. The predicted molar refractivity (Wildman–Crippen MR) is 128 cm³/mol. The zero-order valence-electron chi connectivity index (χ0n) is 18.4. The van der Waals surface area contributed by atoms with Crippen LogP contribution in [-0.4, -0.2) is 37.6 Å². The van der Waals surface area contributed by atoms with Crippen molar-refractivity contribution >= 4 is 12.0 Å². The van der Waals surface area contributed by atoms with Crippen molar-refractivity contribution < 1.29 is 14.3 Å². The molecule has 4 nitrogen and oxygen atoms in total. The summed E-state index contributed by atoms with van der Waals surface area (Å²) < 4.78 is 10.8. The van der Waals surface area contributed by atoms with Crippen LogP contribution in [0.15, 0.2) is 84.9 Å². The van der Waals surface area contributed by atoms with Crippen LogP contribution in [0.5, 0.6) is 5.75 Å². The van der Waals surface area contributed by atoms with Gasteiger partial charge in [0.2, 0.25) is 0 Å². The van der Waals surface area contributed by atoms with Crippen LogP contribution in [0.3, 0.4) is 0 Å². The highest BCUT2D eigenvalue weighted by Gasteiger charge is 2.23. The maximum absolute atomic E-state index is 11.6. The molecule has 1 atom stereocenters. The third-order valence-corrected chi connectivity index (χ3v) is 5.86. The Morgan fingerprint density at radius 3 is 2.62 bits per heavy atom. The molecule has 0 radical (unpaired) electrons. The van der Waals surface area contributed by atoms with Gasteiger partial charge in [0.05, 0.1) is 12.7 Å². The Hall–Kier alpha value is -3.37. The molecule has 1 unspecified atom stereocenters. The number of benzene rings is 3. The molecule has 0 aromatic heterocycles. The molecule has 0 saturated carbocycles. The molecular formula is C28H29NO3. The summed E-state index contributed by atoms with van der Waals surface area (Å²) >= 11 is 0. The summed E-state index contributed by atoms with van der Waals surface area (Å²) in [5.41, 5.74) is 4.13. The second kappa shape index (κ2) is 10.8. The molecule has 1 aliphatic rings. The molecule has 0 N–H and O–H groups in total. The van der Waals surface area contributed by atoms with Gasteiger partial charge in [-0.15, -0.1) is 0 Å². The standard InChI is InChI=1S/C28H29NO3/c1-31-28(30)24-14-12-23(13-15-24)21-32-27-11-5-10-25(19-27)26-16-18-29(20-26)17-6-9-22-7-3-2-4-8-22/h2-15,19,26H,16-18,20-21H2,1H3/b9-6+. The van der Waals surface area contributed by atoms with Gasteiger partial charge in [-0.25, -0.2) is 4.79 Å². The Kier molecular flexibility index (Phi) is 7.36. The minimum atomic E-state index is -0.327. The first-order valence-corrected chi connectivity index (χ1v) is 11.1. The van der Waals surface area contributed by atoms with Crippen molar-refractivity contribution in [3.05, 3.63) is 107 Å². The number of nitrogens with zero attached hydrogens (tertiary/aromatic N) is 1. The summed E-state index contributed by atoms with van der Waals surface area (Å²) in [6.45, 7) is 3.62. The highest BCUT2D eigenvalue weighted by Crippen LogP contribution is 2.29. The molecule has 1 fully saturated rings. The first-order valence-electron chi connectivity index (χ1n) is 11.1. The molecule has 0 spiro atoms. The van der Waals surface area contributed by atoms with Crippen molar-refractivity contribution in [1.29, 1.82) is 0 Å². The molecule has 0 aliphatic carbocycles. The van der Waals surface area contributed by atoms with Crippen LogP contribution in [-0.2, 0) is 11.3 Å². The van der Waals surface area contributed by atoms with Crippen LogP contribution in [0.2, 0.25) is 0 Å². The van der Waals surface area contributed by atoms with E-state index in [1.54, 1.807) is 12.1 Å². The number of hydrogen-bond donors (Lipinski definition) is 0. The van der Waals surface area contributed by atoms with E-state index in [0.29, 0.717) is 18.1 Å². The van der Waals surface area contributed by atoms with E-state index in [1.165, 1.54) is 18.2 Å². The molecule has 4 rings (SSSR count). The second-order valence-electron chi connectivity index (χ2n) is 8.11. The third-order valence-electron chi connectivity index (χ3n) is 5.86. The number of likely N-dealkylation sites (tertiary alicyclic amines) is 1. The highest BCUT2D eigenvalue weighted by atomic mass is 16.5. The van der Waals surface area contributed by atoms with Crippen molar-refractivity contribution in [2.45, 2.75) is 18.9 Å². The van der Waals surface area contributed by atoms with Crippen LogP contribution in [0.4, 0.5) is 0 Å². The minimum Gasteiger partial charge on any atom is -0.489 e. The van der Waals surface area contributed by atoms with E-state index >= 15 is 0 Å². The van der Waals surface area contributed by atoms with E-state index in [9.17, 15) is 4.79 Å². The van der Waals surface area contributed by atoms with Gasteiger partial charge in [0.1, 0.15) is 12.4 Å². The van der Waals surface area contributed by atoms with Gasteiger partial charge in [0.25, 0.3) is 0 Å². The van der Waals surface area contributed by atoms with Crippen LogP contribution >= 0.6 is 0 Å². The fourth-order valence-electron chi connectivity index (χ4n) is 4.05. The van der Waals surface area contributed by atoms with Crippen LogP contribution < -0.4 is 4.74 Å². The number of carbonyl (C=O) groups excluding carboxylic acids is 1. The number of esters is 1. The number of hydrogen-bond acceptors (Lipinski definition) is 4. The van der Waals surface area contributed by atoms with Crippen molar-refractivity contribution in [1.82, 2.24) is 4.90 Å². The van der Waals surface area contributed by atoms with Gasteiger partial charge < -0.3 is 9.47 Å². The van der Waals surface area contributed by atoms with Gasteiger partial charge in [0, 0.05) is 13.1 Å². The Balaban J connectivity index is 1.29. The topological polar surface area (TPSA) is 38.8 Å². The average molecular weight is 428 g/mol. The number of methoxy groups -OCH3 is 1. The number of ether oxygens (including phenoxy) is 2. The first-order chi connectivity index (χ1) is 15.7. The zero-order valence-corrected chi connectivity index (χ0v) is 18.4. The Morgan fingerprint density at radius 2 is 1.84 bits per heavy atom. The summed E-state index contributed by atoms with van der Waals surface area (Å²) in [7, 11) is 1.39. The van der Waals surface area contributed by atoms with Crippen molar-refractivity contribution in [3.8, 4) is 5.75 Å². The van der Waals surface area contributed by atoms with Gasteiger partial charge in [0.15, 0.2) is 0 Å². The predicted octanol–water partition coefficient (Wildman–Crippen LogP) is 5.55. The molecule has 3 aromatic carbocycles. The average Bonchev–Trinajstić information content (AvgIpc) is 3.32. The molecule has 1 heterocycles. The first kappa shape index (κ1) is 21.8. The second-order valence-corrected chi connectivity index (χ2v) is 8.11. The molecule has 1 aliphatic heterocycles. The molecular weight excluding hydrogens is 398 g/mol.